The zero-order chi connectivity index (χ0) is 23.8. The molecule has 0 spiro atoms. The number of benzene rings is 1. The van der Waals surface area contributed by atoms with Gasteiger partial charge in [-0.15, -0.1) is 11.3 Å². The van der Waals surface area contributed by atoms with Crippen molar-refractivity contribution in [3.05, 3.63) is 57.0 Å². The van der Waals surface area contributed by atoms with Crippen LogP contribution in [-0.4, -0.2) is 28.0 Å². The number of aryl methyl sites for hydroxylation is 3. The Kier molecular flexibility index (Phi) is 8.59. The van der Waals surface area contributed by atoms with E-state index in [1.165, 1.54) is 35.1 Å². The van der Waals surface area contributed by atoms with Crippen molar-refractivity contribution in [1.82, 2.24) is 20.4 Å². The Morgan fingerprint density at radius 1 is 1.09 bits per heavy atom. The molecule has 0 aliphatic heterocycles. The van der Waals surface area contributed by atoms with E-state index in [0.29, 0.717) is 28.1 Å². The lowest BCUT2D eigenvalue weighted by Gasteiger charge is -2.10. The summed E-state index contributed by atoms with van der Waals surface area (Å²) in [4.78, 5) is 43.2. The Hall–Kier alpha value is -3.20. The van der Waals surface area contributed by atoms with E-state index in [2.05, 4.69) is 22.8 Å². The van der Waals surface area contributed by atoms with Crippen molar-refractivity contribution in [3.63, 3.8) is 0 Å². The molecule has 0 radical (unpaired) electrons. The molecule has 0 aliphatic rings. The molecule has 0 atom stereocenters. The quantitative estimate of drug-likeness (QED) is 0.346. The minimum absolute atomic E-state index is 0.0281. The van der Waals surface area contributed by atoms with Crippen LogP contribution in [0.15, 0.2) is 35.4 Å². The summed E-state index contributed by atoms with van der Waals surface area (Å²) in [5.41, 5.74) is 5.95. The van der Waals surface area contributed by atoms with Crippen LogP contribution >= 0.6 is 11.3 Å². The van der Waals surface area contributed by atoms with E-state index in [1.54, 1.807) is 24.3 Å². The van der Waals surface area contributed by atoms with Gasteiger partial charge in [-0.1, -0.05) is 26.2 Å². The first-order valence-corrected chi connectivity index (χ1v) is 12.0. The van der Waals surface area contributed by atoms with Crippen LogP contribution in [0.4, 0.5) is 0 Å². The second kappa shape index (κ2) is 11.6. The van der Waals surface area contributed by atoms with E-state index in [0.717, 1.165) is 23.3 Å². The highest BCUT2D eigenvalue weighted by molar-refractivity contribution is 7.18. The highest BCUT2D eigenvalue weighted by Gasteiger charge is 2.13. The third-order valence-electron chi connectivity index (χ3n) is 5.43. The topological polar surface area (TPSA) is 102 Å². The number of rotatable bonds is 10. The minimum atomic E-state index is -0.428. The number of aromatic nitrogens is 2. The molecule has 8 nitrogen and oxygen atoms in total. The summed E-state index contributed by atoms with van der Waals surface area (Å²) in [5, 5.41) is 0.599. The van der Waals surface area contributed by atoms with Gasteiger partial charge in [0.1, 0.15) is 10.6 Å². The molecule has 3 rings (SSSR count). The van der Waals surface area contributed by atoms with Gasteiger partial charge < -0.3 is 4.74 Å². The molecule has 2 aromatic heterocycles. The van der Waals surface area contributed by atoms with Gasteiger partial charge in [-0.2, -0.15) is 0 Å². The zero-order valence-electron chi connectivity index (χ0n) is 19.3. The van der Waals surface area contributed by atoms with Crippen molar-refractivity contribution < 1.29 is 14.3 Å². The second-order valence-corrected chi connectivity index (χ2v) is 9.10. The van der Waals surface area contributed by atoms with Crippen molar-refractivity contribution in [2.75, 3.05) is 6.61 Å². The van der Waals surface area contributed by atoms with Gasteiger partial charge in [-0.3, -0.25) is 29.8 Å². The van der Waals surface area contributed by atoms with Gasteiger partial charge in [0, 0.05) is 23.4 Å². The fourth-order valence-corrected chi connectivity index (χ4v) is 4.32. The van der Waals surface area contributed by atoms with Crippen LogP contribution in [0, 0.1) is 13.8 Å². The van der Waals surface area contributed by atoms with Crippen molar-refractivity contribution in [1.29, 1.82) is 0 Å². The largest absolute Gasteiger partial charge is 0.494 e. The van der Waals surface area contributed by atoms with E-state index >= 15 is 0 Å². The van der Waals surface area contributed by atoms with Crippen molar-refractivity contribution in [3.8, 4) is 5.75 Å². The molecule has 2 heterocycles. The monoisotopic (exact) mass is 470 g/mol. The molecule has 1 aromatic carbocycles. The highest BCUT2D eigenvalue weighted by atomic mass is 32.1. The number of hydrazine groups is 1. The van der Waals surface area contributed by atoms with E-state index in [1.807, 2.05) is 13.8 Å². The number of thiophene rings is 1. The number of fused-ring (bicyclic) bond motifs is 1. The fourth-order valence-electron chi connectivity index (χ4n) is 3.33. The van der Waals surface area contributed by atoms with Gasteiger partial charge in [0.2, 0.25) is 5.91 Å². The Balaban J connectivity index is 1.45. The number of unbranched alkanes of at least 4 members (excludes halogenated alkanes) is 3. The predicted molar refractivity (Wildman–Crippen MR) is 130 cm³/mol. The smallest absolute Gasteiger partial charge is 0.269 e. The summed E-state index contributed by atoms with van der Waals surface area (Å²) in [7, 11) is 0. The molecular weight excluding hydrogens is 440 g/mol. The van der Waals surface area contributed by atoms with Crippen LogP contribution in [0.5, 0.6) is 5.75 Å². The number of hydrogen-bond acceptors (Lipinski definition) is 6. The lowest BCUT2D eigenvalue weighted by Crippen LogP contribution is -2.42. The molecule has 2 amide bonds. The van der Waals surface area contributed by atoms with Gasteiger partial charge in [-0.05, 0) is 50.1 Å². The minimum Gasteiger partial charge on any atom is -0.494 e. The van der Waals surface area contributed by atoms with E-state index in [9.17, 15) is 14.4 Å². The molecule has 9 heteroatoms. The number of carbonyl (C=O) groups excluding carboxylic acids is 2. The zero-order valence-corrected chi connectivity index (χ0v) is 20.1. The number of amides is 2. The van der Waals surface area contributed by atoms with Gasteiger partial charge in [-0.25, -0.2) is 4.98 Å². The molecule has 0 aliphatic carbocycles. The first-order valence-electron chi connectivity index (χ1n) is 11.2. The van der Waals surface area contributed by atoms with Gasteiger partial charge in [0.15, 0.2) is 0 Å². The third-order valence-corrected chi connectivity index (χ3v) is 6.55. The average Bonchev–Trinajstić information content (AvgIpc) is 3.11. The number of nitrogens with zero attached hydrogens (tertiary/aromatic N) is 2. The van der Waals surface area contributed by atoms with Crippen LogP contribution in [0.25, 0.3) is 10.2 Å². The molecule has 2 N–H and O–H groups in total. The van der Waals surface area contributed by atoms with Crippen molar-refractivity contribution in [2.24, 2.45) is 0 Å². The third kappa shape index (κ3) is 6.41. The number of ether oxygens (including phenoxy) is 1. The Morgan fingerprint density at radius 2 is 1.85 bits per heavy atom. The summed E-state index contributed by atoms with van der Waals surface area (Å²) >= 11 is 1.48. The molecule has 0 unspecified atom stereocenters. The van der Waals surface area contributed by atoms with E-state index in [4.69, 9.17) is 4.74 Å². The summed E-state index contributed by atoms with van der Waals surface area (Å²) in [6.07, 6.45) is 6.01. The van der Waals surface area contributed by atoms with E-state index in [-0.39, 0.29) is 18.5 Å². The summed E-state index contributed by atoms with van der Waals surface area (Å²) in [6, 6.07) is 6.77. The first kappa shape index (κ1) is 24.4. The Bertz CT molecular complexity index is 1170. The average molecular weight is 471 g/mol. The fraction of sp³-hybridized carbons (Fsp3) is 0.417. The highest BCUT2D eigenvalue weighted by Crippen LogP contribution is 2.25. The maximum Gasteiger partial charge on any atom is 0.269 e. The lowest BCUT2D eigenvalue weighted by molar-refractivity contribution is -0.122. The van der Waals surface area contributed by atoms with Crippen LogP contribution < -0.4 is 21.1 Å². The Labute approximate surface area is 197 Å². The van der Waals surface area contributed by atoms with Crippen LogP contribution in [0.3, 0.4) is 0 Å². The maximum atomic E-state index is 12.7. The summed E-state index contributed by atoms with van der Waals surface area (Å²) < 4.78 is 7.09. The normalized spacial score (nSPS) is 10.9. The SMILES string of the molecule is CCCCCCOc1ccc(C(=O)NNC(=O)CCn2cnc3sc(C)c(C)c3c2=O)cc1. The molecule has 176 valence electrons. The van der Waals surface area contributed by atoms with Crippen LogP contribution in [0.1, 0.15) is 59.8 Å². The van der Waals surface area contributed by atoms with E-state index < -0.39 is 11.8 Å². The lowest BCUT2D eigenvalue weighted by atomic mass is 10.2. The van der Waals surface area contributed by atoms with Gasteiger partial charge >= 0.3 is 0 Å². The Morgan fingerprint density at radius 3 is 2.58 bits per heavy atom. The predicted octanol–water partition coefficient (Wildman–Crippen LogP) is 3.89. The molecule has 0 fully saturated rings. The standard InChI is InChI=1S/C24H30N4O4S/c1-4-5-6-7-14-32-19-10-8-18(9-11-19)22(30)27-26-20(29)12-13-28-15-25-23-21(24(28)31)16(2)17(3)33-23/h8-11,15H,4-7,12-14H2,1-3H3,(H,26,29)(H,27,30). The van der Waals surface area contributed by atoms with Gasteiger partial charge in [0.05, 0.1) is 18.3 Å². The van der Waals surface area contributed by atoms with Crippen LogP contribution in [-0.2, 0) is 11.3 Å². The number of carbonyl (C=O) groups is 2. The summed E-state index contributed by atoms with van der Waals surface area (Å²) in [5.74, 6) is -0.123. The van der Waals surface area contributed by atoms with Crippen molar-refractivity contribution >= 4 is 33.4 Å². The van der Waals surface area contributed by atoms with Crippen molar-refractivity contribution in [2.45, 2.75) is 59.4 Å². The molecule has 33 heavy (non-hydrogen) atoms. The first-order chi connectivity index (χ1) is 15.9. The van der Waals surface area contributed by atoms with Crippen LogP contribution in [0.2, 0.25) is 0 Å². The molecule has 0 saturated heterocycles. The molecular formula is C24H30N4O4S. The maximum absolute atomic E-state index is 12.7. The summed E-state index contributed by atoms with van der Waals surface area (Å²) in [6.45, 7) is 6.84. The second-order valence-electron chi connectivity index (χ2n) is 7.89. The number of nitrogens with one attached hydrogen (secondary N) is 2. The molecule has 0 saturated carbocycles. The van der Waals surface area contributed by atoms with Gasteiger partial charge in [0.25, 0.3) is 11.5 Å². The molecule has 3 aromatic rings. The number of hydrogen-bond donors (Lipinski definition) is 2. The molecule has 0 bridgehead atoms.